The minimum atomic E-state index is -0.796. The summed E-state index contributed by atoms with van der Waals surface area (Å²) in [5.74, 6) is 0.632. The number of aliphatic carboxylic acids is 1. The summed E-state index contributed by atoms with van der Waals surface area (Å²) in [5, 5.41) is 8.87. The number of benzene rings is 1. The van der Waals surface area contributed by atoms with Crippen LogP contribution in [0.1, 0.15) is 12.8 Å². The molecule has 1 N–H and O–H groups in total. The van der Waals surface area contributed by atoms with E-state index in [0.717, 1.165) is 11.4 Å². The molecule has 0 bridgehead atoms. The number of nitrogens with zero attached hydrogens (tertiary/aromatic N) is 4. The highest BCUT2D eigenvalue weighted by Crippen LogP contribution is 2.45. The van der Waals surface area contributed by atoms with Gasteiger partial charge in [-0.25, -0.2) is 9.97 Å². The minimum Gasteiger partial charge on any atom is -0.481 e. The molecule has 0 atom stereocenters. The summed E-state index contributed by atoms with van der Waals surface area (Å²) < 4.78 is 5.30. The van der Waals surface area contributed by atoms with Gasteiger partial charge in [-0.2, -0.15) is 0 Å². The second-order valence-electron chi connectivity index (χ2n) is 5.19. The van der Waals surface area contributed by atoms with Crippen molar-refractivity contribution in [1.82, 2.24) is 9.97 Å². The molecule has 120 valence electrons. The molecule has 0 fully saturated rings. The molecule has 0 saturated heterocycles. The van der Waals surface area contributed by atoms with Gasteiger partial charge in [0, 0.05) is 32.5 Å². The van der Waals surface area contributed by atoms with Gasteiger partial charge >= 0.3 is 5.97 Å². The van der Waals surface area contributed by atoms with Gasteiger partial charge in [-0.05, 0) is 18.6 Å². The van der Waals surface area contributed by atoms with Crippen molar-refractivity contribution in [3.05, 3.63) is 36.7 Å². The van der Waals surface area contributed by atoms with Crippen molar-refractivity contribution in [3.63, 3.8) is 0 Å². The zero-order valence-corrected chi connectivity index (χ0v) is 12.8. The highest BCUT2D eigenvalue weighted by atomic mass is 16.5. The number of carboxylic acid groups (broad SMARTS) is 1. The van der Waals surface area contributed by atoms with Crippen LogP contribution in [0.3, 0.4) is 0 Å². The molecule has 0 radical (unpaired) electrons. The Bertz CT molecular complexity index is 660. The maximum atomic E-state index is 10.8. The van der Waals surface area contributed by atoms with Gasteiger partial charge in [0.2, 0.25) is 0 Å². The van der Waals surface area contributed by atoms with Crippen molar-refractivity contribution in [3.8, 4) is 0 Å². The Morgan fingerprint density at radius 3 is 2.35 bits per heavy atom. The Morgan fingerprint density at radius 2 is 1.74 bits per heavy atom. The molecular weight excluding hydrogens is 296 g/mol. The molecule has 1 aromatic carbocycles. The zero-order valence-electron chi connectivity index (χ0n) is 12.8. The van der Waals surface area contributed by atoms with Crippen LogP contribution in [0.2, 0.25) is 0 Å². The summed E-state index contributed by atoms with van der Waals surface area (Å²) in [5.41, 5.74) is 1.95. The van der Waals surface area contributed by atoms with Crippen LogP contribution in [0.4, 0.5) is 23.0 Å². The van der Waals surface area contributed by atoms with Gasteiger partial charge in [-0.15, -0.1) is 0 Å². The number of rotatable bonds is 6. The molecule has 0 saturated carbocycles. The van der Waals surface area contributed by atoms with Gasteiger partial charge in [-0.1, -0.05) is 12.1 Å². The topological polar surface area (TPSA) is 78.8 Å². The fourth-order valence-corrected chi connectivity index (χ4v) is 2.73. The van der Waals surface area contributed by atoms with E-state index in [-0.39, 0.29) is 6.42 Å². The van der Waals surface area contributed by atoms with E-state index in [9.17, 15) is 4.79 Å². The summed E-state index contributed by atoms with van der Waals surface area (Å²) in [6.07, 6.45) is 3.94. The second-order valence-corrected chi connectivity index (χ2v) is 5.19. The Balaban J connectivity index is 2.00. The highest BCUT2D eigenvalue weighted by molar-refractivity contribution is 5.89. The standard InChI is InChI=1S/C16H18N4O3/c1-23-11-20-13-6-3-2-5-12(13)19(10-4-7-14(21)22)15-16(20)18-9-8-17-15/h2-3,5-6,8-9H,4,7,10-11H2,1H3,(H,21,22). The van der Waals surface area contributed by atoms with Crippen LogP contribution >= 0.6 is 0 Å². The Kier molecular flexibility index (Phi) is 4.38. The monoisotopic (exact) mass is 314 g/mol. The van der Waals surface area contributed by atoms with Crippen molar-refractivity contribution >= 4 is 29.0 Å². The summed E-state index contributed by atoms with van der Waals surface area (Å²) in [6.45, 7) is 0.932. The molecule has 1 aliphatic heterocycles. The maximum Gasteiger partial charge on any atom is 0.303 e. The summed E-state index contributed by atoms with van der Waals surface area (Å²) in [7, 11) is 1.64. The van der Waals surface area contributed by atoms with E-state index in [1.54, 1.807) is 19.5 Å². The van der Waals surface area contributed by atoms with Gasteiger partial charge < -0.3 is 14.7 Å². The van der Waals surface area contributed by atoms with Crippen molar-refractivity contribution in [1.29, 1.82) is 0 Å². The molecular formula is C16H18N4O3. The molecule has 7 nitrogen and oxygen atoms in total. The smallest absolute Gasteiger partial charge is 0.303 e. The molecule has 23 heavy (non-hydrogen) atoms. The Morgan fingerprint density at radius 1 is 1.13 bits per heavy atom. The van der Waals surface area contributed by atoms with Crippen LogP contribution in [0.15, 0.2) is 36.7 Å². The van der Waals surface area contributed by atoms with Crippen LogP contribution in [0.5, 0.6) is 0 Å². The third kappa shape index (κ3) is 2.95. The first-order valence-electron chi connectivity index (χ1n) is 7.38. The lowest BCUT2D eigenvalue weighted by atomic mass is 10.1. The van der Waals surface area contributed by atoms with E-state index in [1.807, 2.05) is 34.1 Å². The number of hydrogen-bond donors (Lipinski definition) is 1. The average molecular weight is 314 g/mol. The predicted octanol–water partition coefficient (Wildman–Crippen LogP) is 2.53. The molecule has 0 spiro atoms. The van der Waals surface area contributed by atoms with Crippen molar-refractivity contribution in [2.45, 2.75) is 12.8 Å². The SMILES string of the molecule is COCN1c2ccccc2N(CCCC(=O)O)c2nccnc21. The molecule has 2 heterocycles. The van der Waals surface area contributed by atoms with Crippen molar-refractivity contribution in [2.24, 2.45) is 0 Å². The number of hydrogen-bond acceptors (Lipinski definition) is 6. The van der Waals surface area contributed by atoms with E-state index >= 15 is 0 Å². The van der Waals surface area contributed by atoms with Crippen LogP contribution in [-0.2, 0) is 9.53 Å². The number of ether oxygens (including phenoxy) is 1. The van der Waals surface area contributed by atoms with E-state index in [1.165, 1.54) is 0 Å². The van der Waals surface area contributed by atoms with Gasteiger partial charge in [-0.3, -0.25) is 9.69 Å². The molecule has 7 heteroatoms. The third-order valence-corrected chi connectivity index (χ3v) is 3.67. The number of carboxylic acids is 1. The Hall–Kier alpha value is -2.67. The number of fused-ring (bicyclic) bond motifs is 2. The molecule has 1 aliphatic rings. The zero-order chi connectivity index (χ0) is 16.2. The third-order valence-electron chi connectivity index (χ3n) is 3.67. The van der Waals surface area contributed by atoms with Crippen LogP contribution in [-0.4, -0.2) is 41.4 Å². The fraction of sp³-hybridized carbons (Fsp3) is 0.312. The summed E-state index contributed by atoms with van der Waals surface area (Å²) in [6, 6.07) is 7.90. The lowest BCUT2D eigenvalue weighted by Gasteiger charge is -2.37. The first-order chi connectivity index (χ1) is 11.2. The lowest BCUT2D eigenvalue weighted by molar-refractivity contribution is -0.137. The Labute approximate surface area is 134 Å². The van der Waals surface area contributed by atoms with Crippen LogP contribution in [0, 0.1) is 0 Å². The summed E-state index contributed by atoms with van der Waals surface area (Å²) in [4.78, 5) is 23.7. The highest BCUT2D eigenvalue weighted by Gasteiger charge is 2.29. The number of carbonyl (C=O) groups is 1. The van der Waals surface area contributed by atoms with E-state index in [0.29, 0.717) is 31.3 Å². The molecule has 0 unspecified atom stereocenters. The fourth-order valence-electron chi connectivity index (χ4n) is 2.73. The average Bonchev–Trinajstić information content (AvgIpc) is 2.57. The molecule has 0 amide bonds. The first-order valence-corrected chi connectivity index (χ1v) is 7.38. The quantitative estimate of drug-likeness (QED) is 0.877. The number of anilines is 4. The molecule has 2 aromatic rings. The second kappa shape index (κ2) is 6.62. The minimum absolute atomic E-state index is 0.121. The number of para-hydroxylation sites is 2. The van der Waals surface area contributed by atoms with Gasteiger partial charge in [0.05, 0.1) is 11.4 Å². The van der Waals surface area contributed by atoms with Crippen molar-refractivity contribution < 1.29 is 14.6 Å². The van der Waals surface area contributed by atoms with Crippen molar-refractivity contribution in [2.75, 3.05) is 30.2 Å². The largest absolute Gasteiger partial charge is 0.481 e. The maximum absolute atomic E-state index is 10.8. The van der Waals surface area contributed by atoms with Crippen LogP contribution < -0.4 is 9.80 Å². The van der Waals surface area contributed by atoms with Gasteiger partial charge in [0.15, 0.2) is 11.6 Å². The van der Waals surface area contributed by atoms with E-state index < -0.39 is 5.97 Å². The number of aromatic nitrogens is 2. The summed E-state index contributed by atoms with van der Waals surface area (Å²) >= 11 is 0. The predicted molar refractivity (Wildman–Crippen MR) is 86.4 cm³/mol. The first kappa shape index (κ1) is 15.2. The molecule has 0 aliphatic carbocycles. The van der Waals surface area contributed by atoms with E-state index in [2.05, 4.69) is 9.97 Å². The molecule has 1 aromatic heterocycles. The van der Waals surface area contributed by atoms with Gasteiger partial charge in [0.25, 0.3) is 0 Å². The molecule has 3 rings (SSSR count). The lowest BCUT2D eigenvalue weighted by Crippen LogP contribution is -2.33. The van der Waals surface area contributed by atoms with Crippen LogP contribution in [0.25, 0.3) is 0 Å². The van der Waals surface area contributed by atoms with E-state index in [4.69, 9.17) is 9.84 Å². The normalized spacial score (nSPS) is 12.7. The van der Waals surface area contributed by atoms with Gasteiger partial charge in [0.1, 0.15) is 6.73 Å². The number of methoxy groups -OCH3 is 1.